The Bertz CT molecular complexity index is 1310. The predicted molar refractivity (Wildman–Crippen MR) is 140 cm³/mol. The average molecular weight is 633 g/mol. The van der Waals surface area contributed by atoms with E-state index in [1.807, 2.05) is 13.8 Å². The Kier molecular flexibility index (Phi) is 6.56. The summed E-state index contributed by atoms with van der Waals surface area (Å²) in [5.41, 5.74) is 2.06. The minimum Gasteiger partial charge on any atom is -0.292 e. The molecule has 2 aromatic carbocycles. The van der Waals surface area contributed by atoms with Gasteiger partial charge in [-0.2, -0.15) is 5.01 Å². The zero-order valence-corrected chi connectivity index (χ0v) is 23.1. The fourth-order valence-electron chi connectivity index (χ4n) is 5.82. The molecule has 3 amide bonds. The van der Waals surface area contributed by atoms with Crippen LogP contribution < -0.4 is 0 Å². The van der Waals surface area contributed by atoms with Crippen LogP contribution in [0.5, 0.6) is 0 Å². The molecular formula is C26H23Br2N3O6. The number of rotatable bonds is 6. The number of ketones is 1. The third-order valence-electron chi connectivity index (χ3n) is 7.89. The molecule has 3 fully saturated rings. The number of aryl methyl sites for hydroxylation is 2. The second-order valence-corrected chi connectivity index (χ2v) is 12.0. The largest absolute Gasteiger partial charge is 0.292 e. The molecule has 1 aliphatic heterocycles. The molecule has 2 aromatic rings. The fraction of sp³-hybridized carbons (Fsp3) is 0.385. The SMILES string of the molecule is Cc1ccc(C(=O)CN(C(=O)c2ccc([N+](=O)[O-])cc2)N2C(=O)[C@@H]3[C@H]4C[C@@H]([C@H](Br)[C@H]4Br)[C@H]3C2=O)cc1C. The van der Waals surface area contributed by atoms with E-state index in [0.717, 1.165) is 27.6 Å². The van der Waals surface area contributed by atoms with Crippen molar-refractivity contribution < 1.29 is 24.1 Å². The lowest BCUT2D eigenvalue weighted by Gasteiger charge is -2.31. The van der Waals surface area contributed by atoms with E-state index in [1.165, 1.54) is 24.3 Å². The number of carbonyl (C=O) groups excluding carboxylic acids is 4. The van der Waals surface area contributed by atoms with E-state index < -0.39 is 46.8 Å². The van der Waals surface area contributed by atoms with Crippen LogP contribution in [-0.2, 0) is 9.59 Å². The molecule has 192 valence electrons. The van der Waals surface area contributed by atoms with Crippen LogP contribution in [-0.4, -0.2) is 54.6 Å². The van der Waals surface area contributed by atoms with Crippen LogP contribution in [0.4, 0.5) is 5.69 Å². The first-order chi connectivity index (χ1) is 17.5. The summed E-state index contributed by atoms with van der Waals surface area (Å²) < 4.78 is 0. The molecule has 0 unspecified atom stereocenters. The van der Waals surface area contributed by atoms with E-state index in [-0.39, 0.29) is 32.7 Å². The Balaban J connectivity index is 1.51. The molecule has 2 bridgehead atoms. The molecule has 1 saturated heterocycles. The van der Waals surface area contributed by atoms with Crippen molar-refractivity contribution in [1.82, 2.24) is 10.0 Å². The number of benzene rings is 2. The summed E-state index contributed by atoms with van der Waals surface area (Å²) in [4.78, 5) is 64.8. The molecule has 0 aromatic heterocycles. The van der Waals surface area contributed by atoms with Crippen LogP contribution in [0.2, 0.25) is 0 Å². The molecule has 2 aliphatic carbocycles. The number of amides is 3. The summed E-state index contributed by atoms with van der Waals surface area (Å²) in [6.45, 7) is 3.25. The Labute approximate surface area is 229 Å². The Hall–Kier alpha value is -2.92. The summed E-state index contributed by atoms with van der Waals surface area (Å²) in [5.74, 6) is -3.44. The number of alkyl halides is 2. The van der Waals surface area contributed by atoms with Crippen LogP contribution in [0.1, 0.15) is 38.3 Å². The van der Waals surface area contributed by atoms with Gasteiger partial charge in [-0.15, -0.1) is 0 Å². The number of imide groups is 1. The minimum absolute atomic E-state index is 0.0199. The van der Waals surface area contributed by atoms with E-state index in [1.54, 1.807) is 18.2 Å². The highest BCUT2D eigenvalue weighted by molar-refractivity contribution is 9.12. The van der Waals surface area contributed by atoms with Gasteiger partial charge in [0, 0.05) is 32.9 Å². The van der Waals surface area contributed by atoms with Crippen molar-refractivity contribution in [3.63, 3.8) is 0 Å². The van der Waals surface area contributed by atoms with Gasteiger partial charge in [-0.3, -0.25) is 29.3 Å². The molecule has 9 nitrogen and oxygen atoms in total. The summed E-state index contributed by atoms with van der Waals surface area (Å²) in [6.07, 6.45) is 0.727. The van der Waals surface area contributed by atoms with Crippen molar-refractivity contribution in [3.05, 3.63) is 74.8 Å². The summed E-state index contributed by atoms with van der Waals surface area (Å²) in [7, 11) is 0. The van der Waals surface area contributed by atoms with Gasteiger partial charge in [0.05, 0.1) is 16.8 Å². The second-order valence-electron chi connectivity index (χ2n) is 9.88. The number of non-ortho nitro benzene ring substituents is 1. The Morgan fingerprint density at radius 1 is 0.946 bits per heavy atom. The number of hydrazine groups is 1. The zero-order chi connectivity index (χ0) is 26.8. The molecule has 6 atom stereocenters. The van der Waals surface area contributed by atoms with Gasteiger partial charge in [0.15, 0.2) is 5.78 Å². The molecule has 0 N–H and O–H groups in total. The van der Waals surface area contributed by atoms with Gasteiger partial charge < -0.3 is 0 Å². The number of carbonyl (C=O) groups is 4. The summed E-state index contributed by atoms with van der Waals surface area (Å²) >= 11 is 7.30. The lowest BCUT2D eigenvalue weighted by atomic mass is 9.81. The van der Waals surface area contributed by atoms with Crippen molar-refractivity contribution in [2.75, 3.05) is 6.54 Å². The Morgan fingerprint density at radius 2 is 1.49 bits per heavy atom. The second kappa shape index (κ2) is 9.43. The lowest BCUT2D eigenvalue weighted by molar-refractivity contribution is -0.384. The molecule has 5 rings (SSSR count). The molecule has 1 heterocycles. The maximum Gasteiger partial charge on any atom is 0.273 e. The standard InChI is InChI=1S/C26H23Br2N3O6/c1-12-3-4-15(9-13(12)2)19(32)11-29(24(33)14-5-7-16(8-6-14)31(36)37)30-25(34)20-17-10-18(21(20)26(30)35)23(28)22(17)27/h3-9,17-18,20-23H,10-11H2,1-2H3/t17-,18-,20-,21-,22+,23+/m1/s1. The number of Topliss-reactive ketones (excluding diaryl/α,β-unsaturated/α-hetero) is 1. The number of halogens is 2. The predicted octanol–water partition coefficient (Wildman–Crippen LogP) is 4.23. The number of nitro groups is 1. The van der Waals surface area contributed by atoms with Crippen LogP contribution in [0, 0.1) is 47.6 Å². The van der Waals surface area contributed by atoms with Crippen LogP contribution in [0.3, 0.4) is 0 Å². The number of hydrogen-bond donors (Lipinski definition) is 0. The van der Waals surface area contributed by atoms with Gasteiger partial charge in [0.1, 0.15) is 6.54 Å². The first-order valence-corrected chi connectivity index (χ1v) is 13.7. The van der Waals surface area contributed by atoms with Crippen molar-refractivity contribution >= 4 is 61.1 Å². The van der Waals surface area contributed by atoms with Crippen molar-refractivity contribution in [3.8, 4) is 0 Å². The van der Waals surface area contributed by atoms with E-state index in [9.17, 15) is 29.3 Å². The summed E-state index contributed by atoms with van der Waals surface area (Å²) in [5, 5.41) is 12.8. The van der Waals surface area contributed by atoms with Gasteiger partial charge in [0.2, 0.25) is 0 Å². The third kappa shape index (κ3) is 4.12. The minimum atomic E-state index is -0.758. The molecule has 11 heteroatoms. The smallest absolute Gasteiger partial charge is 0.273 e. The number of nitro benzene ring substituents is 1. The molecule has 2 saturated carbocycles. The quantitative estimate of drug-likeness (QED) is 0.155. The number of nitrogens with zero attached hydrogens (tertiary/aromatic N) is 3. The van der Waals surface area contributed by atoms with Crippen molar-refractivity contribution in [2.24, 2.45) is 23.7 Å². The fourth-order valence-corrected chi connectivity index (χ4v) is 7.69. The molecule has 37 heavy (non-hydrogen) atoms. The molecular weight excluding hydrogens is 610 g/mol. The van der Waals surface area contributed by atoms with Gasteiger partial charge in [-0.1, -0.05) is 44.0 Å². The highest BCUT2D eigenvalue weighted by Gasteiger charge is 2.67. The highest BCUT2D eigenvalue weighted by Crippen LogP contribution is 2.60. The first-order valence-electron chi connectivity index (χ1n) is 11.8. The molecule has 0 spiro atoms. The van der Waals surface area contributed by atoms with Crippen LogP contribution in [0.15, 0.2) is 42.5 Å². The average Bonchev–Trinajstić information content (AvgIpc) is 3.48. The van der Waals surface area contributed by atoms with E-state index in [4.69, 9.17) is 0 Å². The highest BCUT2D eigenvalue weighted by atomic mass is 79.9. The first kappa shape index (κ1) is 25.7. The van der Waals surface area contributed by atoms with E-state index in [2.05, 4.69) is 31.9 Å². The number of hydrogen-bond acceptors (Lipinski definition) is 6. The zero-order valence-electron chi connectivity index (χ0n) is 20.0. The maximum atomic E-state index is 13.7. The van der Waals surface area contributed by atoms with Crippen molar-refractivity contribution in [2.45, 2.75) is 29.9 Å². The normalized spacial score (nSPS) is 27.9. The third-order valence-corrected chi connectivity index (χ3v) is 11.1. The van der Waals surface area contributed by atoms with Gasteiger partial charge in [-0.05, 0) is 61.4 Å². The summed E-state index contributed by atoms with van der Waals surface area (Å²) in [6, 6.07) is 10.0. The van der Waals surface area contributed by atoms with Gasteiger partial charge in [0.25, 0.3) is 23.4 Å². The topological polar surface area (TPSA) is 118 Å². The monoisotopic (exact) mass is 631 g/mol. The van der Waals surface area contributed by atoms with E-state index >= 15 is 0 Å². The van der Waals surface area contributed by atoms with Gasteiger partial charge >= 0.3 is 0 Å². The maximum absolute atomic E-state index is 13.7. The molecule has 0 radical (unpaired) electrons. The van der Waals surface area contributed by atoms with Crippen LogP contribution >= 0.6 is 31.9 Å². The van der Waals surface area contributed by atoms with Crippen LogP contribution in [0.25, 0.3) is 0 Å². The molecule has 3 aliphatic rings. The Morgan fingerprint density at radius 3 is 2.00 bits per heavy atom. The van der Waals surface area contributed by atoms with Crippen molar-refractivity contribution in [1.29, 1.82) is 0 Å². The van der Waals surface area contributed by atoms with Gasteiger partial charge in [-0.25, -0.2) is 5.01 Å². The lowest BCUT2D eigenvalue weighted by Crippen LogP contribution is -2.52. The number of fused-ring (bicyclic) bond motifs is 5. The van der Waals surface area contributed by atoms with E-state index in [0.29, 0.717) is 5.56 Å².